The zero-order valence-corrected chi connectivity index (χ0v) is 18.7. The molecule has 3 aromatic carbocycles. The summed E-state index contributed by atoms with van der Waals surface area (Å²) in [5, 5.41) is 11.6. The molecule has 5 rings (SSSR count). The Morgan fingerprint density at radius 1 is 0.906 bits per heavy atom. The molecule has 0 bridgehead atoms. The molecule has 2 saturated heterocycles. The first-order valence-corrected chi connectivity index (χ1v) is 11.8. The molecule has 0 saturated carbocycles. The van der Waals surface area contributed by atoms with E-state index in [1.807, 2.05) is 61.5 Å². The molecule has 1 unspecified atom stereocenters. The molecule has 32 heavy (non-hydrogen) atoms. The summed E-state index contributed by atoms with van der Waals surface area (Å²) in [5.74, 6) is 0.770. The number of ether oxygens (including phenoxy) is 1. The van der Waals surface area contributed by atoms with Crippen molar-refractivity contribution in [3.63, 3.8) is 0 Å². The second-order valence-corrected chi connectivity index (χ2v) is 9.73. The summed E-state index contributed by atoms with van der Waals surface area (Å²) >= 11 is 0. The molecule has 2 aliphatic rings. The summed E-state index contributed by atoms with van der Waals surface area (Å²) < 4.78 is 17.0. The molecule has 164 valence electrons. The van der Waals surface area contributed by atoms with Crippen LogP contribution in [0.1, 0.15) is 18.6 Å². The lowest BCUT2D eigenvalue weighted by molar-refractivity contribution is -0.385. The lowest BCUT2D eigenvalue weighted by atomic mass is 10.1. The van der Waals surface area contributed by atoms with Gasteiger partial charge < -0.3 is 9.26 Å². The molecule has 2 fully saturated rings. The van der Waals surface area contributed by atoms with Crippen molar-refractivity contribution in [2.24, 2.45) is 0 Å². The largest absolute Gasteiger partial charge is 0.450 e. The fourth-order valence-electron chi connectivity index (χ4n) is 3.44. The predicted octanol–water partition coefficient (Wildman–Crippen LogP) is 5.99. The maximum Gasteiger partial charge on any atom is 0.311 e. The van der Waals surface area contributed by atoms with Gasteiger partial charge in [0.15, 0.2) is 8.45 Å². The van der Waals surface area contributed by atoms with Gasteiger partial charge in [0.25, 0.3) is 0 Å². The van der Waals surface area contributed by atoms with Crippen LogP contribution in [-0.2, 0) is 4.52 Å². The summed E-state index contributed by atoms with van der Waals surface area (Å²) in [7, 11) is -0.731. The van der Waals surface area contributed by atoms with Crippen LogP contribution in [0.15, 0.2) is 72.8 Å². The van der Waals surface area contributed by atoms with Crippen LogP contribution in [0.5, 0.6) is 11.5 Å². The number of hydrogen-bond donors (Lipinski definition) is 0. The third-order valence-corrected chi connectivity index (χ3v) is 7.70. The molecule has 1 atom stereocenters. The van der Waals surface area contributed by atoms with Crippen LogP contribution in [-0.4, -0.2) is 40.4 Å². The summed E-state index contributed by atoms with van der Waals surface area (Å²) in [5.41, 5.74) is 2.96. The lowest BCUT2D eigenvalue weighted by Gasteiger charge is -2.23. The number of benzene rings is 3. The van der Waals surface area contributed by atoms with E-state index in [0.717, 1.165) is 42.9 Å². The Morgan fingerprint density at radius 2 is 1.53 bits per heavy atom. The first-order valence-electron chi connectivity index (χ1n) is 10.7. The molecule has 8 heteroatoms. The van der Waals surface area contributed by atoms with Crippen molar-refractivity contribution in [2.75, 3.05) is 26.2 Å². The van der Waals surface area contributed by atoms with E-state index < -0.39 is 13.4 Å². The van der Waals surface area contributed by atoms with Gasteiger partial charge in [-0.15, -0.1) is 0 Å². The minimum atomic E-state index is -0.731. The van der Waals surface area contributed by atoms with Crippen LogP contribution in [0.4, 0.5) is 5.69 Å². The standard InChI is InChI=1S/C24H24N3O4P/c1-18(31-32(25-13-14-25)26-15-16-26)21-9-12-23(27(28)29)24(17-21)30-22-10-7-20(8-11-22)19-5-3-2-4-6-19/h2-12,17-18H,13-16H2,1H3. The number of nitro groups is 1. The van der Waals surface area contributed by atoms with Crippen molar-refractivity contribution in [2.45, 2.75) is 13.0 Å². The van der Waals surface area contributed by atoms with Crippen molar-refractivity contribution in [1.29, 1.82) is 0 Å². The summed E-state index contributed by atoms with van der Waals surface area (Å²) in [6.45, 7) is 6.28. The summed E-state index contributed by atoms with van der Waals surface area (Å²) in [4.78, 5) is 11.2. The van der Waals surface area contributed by atoms with Crippen molar-refractivity contribution < 1.29 is 14.2 Å². The summed E-state index contributed by atoms with van der Waals surface area (Å²) in [6.07, 6.45) is -0.189. The van der Waals surface area contributed by atoms with Gasteiger partial charge in [0.05, 0.1) is 11.0 Å². The van der Waals surface area contributed by atoms with Gasteiger partial charge in [0.1, 0.15) is 5.75 Å². The molecule has 3 aromatic rings. The third-order valence-electron chi connectivity index (χ3n) is 5.42. The minimum Gasteiger partial charge on any atom is -0.450 e. The molecule has 2 aliphatic heterocycles. The van der Waals surface area contributed by atoms with E-state index in [1.165, 1.54) is 6.07 Å². The fourth-order valence-corrected chi connectivity index (χ4v) is 5.33. The highest BCUT2D eigenvalue weighted by atomic mass is 31.2. The van der Waals surface area contributed by atoms with Crippen LogP contribution in [0.2, 0.25) is 0 Å². The Kier molecular flexibility index (Phi) is 5.89. The summed E-state index contributed by atoms with van der Waals surface area (Å²) in [6, 6.07) is 22.6. The van der Waals surface area contributed by atoms with E-state index in [4.69, 9.17) is 9.26 Å². The quantitative estimate of drug-likeness (QED) is 0.173. The maximum atomic E-state index is 11.6. The normalized spacial score (nSPS) is 16.7. The average Bonchev–Trinajstić information content (AvgIpc) is 3.72. The molecule has 0 spiro atoms. The number of nitro benzene ring substituents is 1. The Hall–Kier alpha value is -2.83. The van der Waals surface area contributed by atoms with Crippen LogP contribution in [0.3, 0.4) is 0 Å². The van der Waals surface area contributed by atoms with Crippen LogP contribution >= 0.6 is 8.45 Å². The second kappa shape index (κ2) is 8.96. The maximum absolute atomic E-state index is 11.6. The number of nitrogens with zero attached hydrogens (tertiary/aromatic N) is 3. The van der Waals surface area contributed by atoms with E-state index in [2.05, 4.69) is 9.34 Å². The third kappa shape index (κ3) is 4.81. The highest BCUT2D eigenvalue weighted by molar-refractivity contribution is 7.48. The number of rotatable bonds is 9. The van der Waals surface area contributed by atoms with E-state index in [0.29, 0.717) is 5.75 Å². The zero-order chi connectivity index (χ0) is 22.1. The molecular weight excluding hydrogens is 425 g/mol. The Morgan fingerprint density at radius 3 is 2.12 bits per heavy atom. The van der Waals surface area contributed by atoms with Crippen LogP contribution < -0.4 is 4.74 Å². The molecule has 0 amide bonds. The molecule has 2 heterocycles. The van der Waals surface area contributed by atoms with Crippen LogP contribution in [0, 0.1) is 10.1 Å². The monoisotopic (exact) mass is 449 g/mol. The molecular formula is C24H24N3O4P. The lowest BCUT2D eigenvalue weighted by Crippen LogP contribution is -2.06. The van der Waals surface area contributed by atoms with Gasteiger partial charge >= 0.3 is 5.69 Å². The predicted molar refractivity (Wildman–Crippen MR) is 125 cm³/mol. The van der Waals surface area contributed by atoms with Crippen molar-refractivity contribution >= 4 is 14.1 Å². The van der Waals surface area contributed by atoms with Crippen molar-refractivity contribution in [3.05, 3.63) is 88.5 Å². The first-order chi connectivity index (χ1) is 15.6. The van der Waals surface area contributed by atoms with Gasteiger partial charge in [-0.2, -0.15) is 0 Å². The van der Waals surface area contributed by atoms with Crippen LogP contribution in [0.25, 0.3) is 11.1 Å². The van der Waals surface area contributed by atoms with E-state index in [9.17, 15) is 10.1 Å². The van der Waals surface area contributed by atoms with Gasteiger partial charge in [0, 0.05) is 32.2 Å². The Bertz CT molecular complexity index is 1090. The van der Waals surface area contributed by atoms with E-state index in [1.54, 1.807) is 12.1 Å². The number of hydrogen-bond acceptors (Lipinski definition) is 6. The van der Waals surface area contributed by atoms with E-state index in [-0.39, 0.29) is 17.5 Å². The first kappa shape index (κ1) is 21.0. The molecule has 0 N–H and O–H groups in total. The highest BCUT2D eigenvalue weighted by Crippen LogP contribution is 2.56. The zero-order valence-electron chi connectivity index (χ0n) is 17.8. The Labute approximate surface area is 188 Å². The minimum absolute atomic E-state index is 0.0627. The fraction of sp³-hybridized carbons (Fsp3) is 0.250. The van der Waals surface area contributed by atoms with Crippen molar-refractivity contribution in [3.8, 4) is 22.6 Å². The SMILES string of the molecule is CC(OP(N1CC1)N1CC1)c1ccc([N+](=O)[O-])c(Oc2ccc(-c3ccccc3)cc2)c1. The smallest absolute Gasteiger partial charge is 0.311 e. The van der Waals surface area contributed by atoms with Gasteiger partial charge in [-0.05, 0) is 47.9 Å². The van der Waals surface area contributed by atoms with E-state index >= 15 is 0 Å². The molecule has 7 nitrogen and oxygen atoms in total. The topological polar surface area (TPSA) is 67.6 Å². The van der Waals surface area contributed by atoms with Gasteiger partial charge in [-0.1, -0.05) is 42.5 Å². The second-order valence-electron chi connectivity index (χ2n) is 7.88. The van der Waals surface area contributed by atoms with Crippen molar-refractivity contribution in [1.82, 2.24) is 9.34 Å². The van der Waals surface area contributed by atoms with Gasteiger partial charge in [-0.3, -0.25) is 10.1 Å². The Balaban J connectivity index is 1.35. The molecule has 0 radical (unpaired) electrons. The highest BCUT2D eigenvalue weighted by Gasteiger charge is 2.40. The van der Waals surface area contributed by atoms with Gasteiger partial charge in [-0.25, -0.2) is 9.34 Å². The van der Waals surface area contributed by atoms with Gasteiger partial charge in [0.2, 0.25) is 5.75 Å². The molecule has 0 aliphatic carbocycles. The molecule has 0 aromatic heterocycles. The average molecular weight is 449 g/mol.